The lowest BCUT2D eigenvalue weighted by Crippen LogP contribution is -2.24. The SMILES string of the molecule is CC(C)(C)OC(=O)c1cc(C=CCO)ccn1. The van der Waals surface area contributed by atoms with Crippen LogP contribution in [0, 0.1) is 0 Å². The molecule has 0 amide bonds. The van der Waals surface area contributed by atoms with E-state index in [0.29, 0.717) is 0 Å². The third-order valence-corrected chi connectivity index (χ3v) is 1.81. The normalized spacial score (nSPS) is 11.8. The van der Waals surface area contributed by atoms with Gasteiger partial charge in [-0.25, -0.2) is 9.78 Å². The van der Waals surface area contributed by atoms with Crippen molar-refractivity contribution < 1.29 is 14.6 Å². The van der Waals surface area contributed by atoms with Gasteiger partial charge in [-0.1, -0.05) is 12.2 Å². The monoisotopic (exact) mass is 235 g/mol. The van der Waals surface area contributed by atoms with Gasteiger partial charge in [0.25, 0.3) is 0 Å². The predicted octanol–water partition coefficient (Wildman–Crippen LogP) is 2.04. The van der Waals surface area contributed by atoms with E-state index in [1.807, 2.05) is 0 Å². The van der Waals surface area contributed by atoms with E-state index >= 15 is 0 Å². The van der Waals surface area contributed by atoms with Gasteiger partial charge in [-0.15, -0.1) is 0 Å². The molecule has 0 unspecified atom stereocenters. The Morgan fingerprint density at radius 2 is 2.24 bits per heavy atom. The Morgan fingerprint density at radius 3 is 2.82 bits per heavy atom. The van der Waals surface area contributed by atoms with E-state index in [4.69, 9.17) is 9.84 Å². The molecule has 0 saturated heterocycles. The molecule has 0 aliphatic carbocycles. The zero-order chi connectivity index (χ0) is 12.9. The van der Waals surface area contributed by atoms with Crippen molar-refractivity contribution in [3.8, 4) is 0 Å². The minimum atomic E-state index is -0.532. The molecule has 0 aliphatic rings. The molecule has 92 valence electrons. The van der Waals surface area contributed by atoms with Crippen LogP contribution in [-0.2, 0) is 4.74 Å². The number of ether oxygens (including phenoxy) is 1. The highest BCUT2D eigenvalue weighted by Crippen LogP contribution is 2.12. The topological polar surface area (TPSA) is 59.4 Å². The van der Waals surface area contributed by atoms with Crippen LogP contribution in [0.3, 0.4) is 0 Å². The van der Waals surface area contributed by atoms with Gasteiger partial charge in [-0.3, -0.25) is 0 Å². The molecule has 0 radical (unpaired) electrons. The van der Waals surface area contributed by atoms with Crippen LogP contribution < -0.4 is 0 Å². The van der Waals surface area contributed by atoms with Crippen LogP contribution in [0.15, 0.2) is 24.4 Å². The number of hydrogen-bond donors (Lipinski definition) is 1. The molecule has 4 nitrogen and oxygen atoms in total. The smallest absolute Gasteiger partial charge is 0.357 e. The standard InChI is InChI=1S/C13H17NO3/c1-13(2,3)17-12(16)11-9-10(5-4-8-15)6-7-14-11/h4-7,9,15H,8H2,1-3H3. The van der Waals surface area contributed by atoms with Crippen LogP contribution in [0.2, 0.25) is 0 Å². The van der Waals surface area contributed by atoms with Gasteiger partial charge in [0.15, 0.2) is 0 Å². The van der Waals surface area contributed by atoms with Crippen molar-refractivity contribution in [1.82, 2.24) is 4.98 Å². The minimum absolute atomic E-state index is 0.0376. The maximum absolute atomic E-state index is 11.7. The van der Waals surface area contributed by atoms with Crippen molar-refractivity contribution in [1.29, 1.82) is 0 Å². The van der Waals surface area contributed by atoms with Gasteiger partial charge in [-0.05, 0) is 38.5 Å². The summed E-state index contributed by atoms with van der Waals surface area (Å²) in [5.74, 6) is -0.447. The molecule has 1 heterocycles. The van der Waals surface area contributed by atoms with Gasteiger partial charge in [0.2, 0.25) is 0 Å². The van der Waals surface area contributed by atoms with E-state index < -0.39 is 11.6 Å². The van der Waals surface area contributed by atoms with Crippen molar-refractivity contribution in [3.63, 3.8) is 0 Å². The lowest BCUT2D eigenvalue weighted by atomic mass is 10.2. The zero-order valence-electron chi connectivity index (χ0n) is 10.3. The summed E-state index contributed by atoms with van der Waals surface area (Å²) in [6.07, 6.45) is 4.85. The van der Waals surface area contributed by atoms with Crippen LogP contribution in [0.25, 0.3) is 6.08 Å². The number of aliphatic hydroxyl groups excluding tert-OH is 1. The Bertz CT molecular complexity index is 419. The maximum Gasteiger partial charge on any atom is 0.357 e. The van der Waals surface area contributed by atoms with Gasteiger partial charge in [-0.2, -0.15) is 0 Å². The summed E-state index contributed by atoms with van der Waals surface area (Å²) in [5, 5.41) is 8.66. The Hall–Kier alpha value is -1.68. The molecule has 0 aromatic carbocycles. The summed E-state index contributed by atoms with van der Waals surface area (Å²) < 4.78 is 5.21. The Balaban J connectivity index is 2.84. The van der Waals surface area contributed by atoms with E-state index in [1.54, 1.807) is 45.1 Å². The first kappa shape index (κ1) is 13.4. The molecule has 1 aromatic rings. The van der Waals surface area contributed by atoms with Gasteiger partial charge in [0, 0.05) is 6.20 Å². The molecule has 17 heavy (non-hydrogen) atoms. The molecule has 1 rings (SSSR count). The first-order valence-electron chi connectivity index (χ1n) is 5.39. The molecule has 1 aromatic heterocycles. The summed E-state index contributed by atoms with van der Waals surface area (Å²) in [7, 11) is 0. The Morgan fingerprint density at radius 1 is 1.53 bits per heavy atom. The number of aromatic nitrogens is 1. The molecule has 0 spiro atoms. The van der Waals surface area contributed by atoms with E-state index in [1.165, 1.54) is 6.20 Å². The molecule has 1 N–H and O–H groups in total. The van der Waals surface area contributed by atoms with Crippen molar-refractivity contribution in [2.75, 3.05) is 6.61 Å². The molecule has 0 aliphatic heterocycles. The largest absolute Gasteiger partial charge is 0.455 e. The average molecular weight is 235 g/mol. The summed E-state index contributed by atoms with van der Waals surface area (Å²) >= 11 is 0. The number of carbonyl (C=O) groups excluding carboxylic acids is 1. The van der Waals surface area contributed by atoms with Gasteiger partial charge >= 0.3 is 5.97 Å². The van der Waals surface area contributed by atoms with Crippen molar-refractivity contribution >= 4 is 12.0 Å². The number of hydrogen-bond acceptors (Lipinski definition) is 4. The number of aliphatic hydroxyl groups is 1. The Kier molecular flexibility index (Phi) is 4.40. The van der Waals surface area contributed by atoms with Crippen LogP contribution in [0.4, 0.5) is 0 Å². The lowest BCUT2D eigenvalue weighted by Gasteiger charge is -2.19. The second kappa shape index (κ2) is 5.59. The first-order valence-corrected chi connectivity index (χ1v) is 5.39. The van der Waals surface area contributed by atoms with Gasteiger partial charge in [0.1, 0.15) is 11.3 Å². The molecular formula is C13H17NO3. The minimum Gasteiger partial charge on any atom is -0.455 e. The number of carbonyl (C=O) groups is 1. The number of nitrogens with zero attached hydrogens (tertiary/aromatic N) is 1. The summed E-state index contributed by atoms with van der Waals surface area (Å²) in [6, 6.07) is 3.38. The van der Waals surface area contributed by atoms with E-state index in [0.717, 1.165) is 5.56 Å². The van der Waals surface area contributed by atoms with E-state index in [9.17, 15) is 4.79 Å². The first-order chi connectivity index (χ1) is 7.92. The second-order valence-corrected chi connectivity index (χ2v) is 4.56. The fourth-order valence-corrected chi connectivity index (χ4v) is 1.18. The fourth-order valence-electron chi connectivity index (χ4n) is 1.18. The molecule has 0 bridgehead atoms. The maximum atomic E-state index is 11.7. The van der Waals surface area contributed by atoms with Crippen LogP contribution in [-0.4, -0.2) is 28.3 Å². The highest BCUT2D eigenvalue weighted by atomic mass is 16.6. The summed E-state index contributed by atoms with van der Waals surface area (Å²) in [4.78, 5) is 15.7. The van der Waals surface area contributed by atoms with Crippen molar-refractivity contribution in [2.24, 2.45) is 0 Å². The van der Waals surface area contributed by atoms with Crippen LogP contribution >= 0.6 is 0 Å². The van der Waals surface area contributed by atoms with Gasteiger partial charge < -0.3 is 9.84 Å². The highest BCUT2D eigenvalue weighted by Gasteiger charge is 2.18. The number of pyridine rings is 1. The van der Waals surface area contributed by atoms with Gasteiger partial charge in [0.05, 0.1) is 6.61 Å². The predicted molar refractivity (Wildman–Crippen MR) is 65.5 cm³/mol. The third kappa shape index (κ3) is 4.78. The van der Waals surface area contributed by atoms with Crippen LogP contribution in [0.5, 0.6) is 0 Å². The molecule has 0 saturated carbocycles. The lowest BCUT2D eigenvalue weighted by molar-refractivity contribution is 0.00628. The summed E-state index contributed by atoms with van der Waals surface area (Å²) in [6.45, 7) is 5.38. The number of esters is 1. The molecule has 0 atom stereocenters. The zero-order valence-corrected chi connectivity index (χ0v) is 10.3. The second-order valence-electron chi connectivity index (χ2n) is 4.56. The molecule has 4 heteroatoms. The van der Waals surface area contributed by atoms with E-state index in [2.05, 4.69) is 4.98 Å². The highest BCUT2D eigenvalue weighted by molar-refractivity contribution is 5.88. The average Bonchev–Trinajstić information content (AvgIpc) is 2.24. The van der Waals surface area contributed by atoms with E-state index in [-0.39, 0.29) is 12.3 Å². The number of rotatable bonds is 3. The third-order valence-electron chi connectivity index (χ3n) is 1.81. The quantitative estimate of drug-likeness (QED) is 0.814. The molecular weight excluding hydrogens is 218 g/mol. The summed E-state index contributed by atoms with van der Waals surface area (Å²) in [5.41, 5.74) is 0.533. The van der Waals surface area contributed by atoms with Crippen molar-refractivity contribution in [3.05, 3.63) is 35.7 Å². The Labute approximate surface area is 101 Å². The van der Waals surface area contributed by atoms with Crippen LogP contribution in [0.1, 0.15) is 36.8 Å². The molecule has 0 fully saturated rings. The fraction of sp³-hybridized carbons (Fsp3) is 0.385. The van der Waals surface area contributed by atoms with Crippen molar-refractivity contribution in [2.45, 2.75) is 26.4 Å².